The van der Waals surface area contributed by atoms with Crippen molar-refractivity contribution in [1.82, 2.24) is 5.32 Å². The van der Waals surface area contributed by atoms with Crippen LogP contribution < -0.4 is 31.0 Å². The van der Waals surface area contributed by atoms with E-state index in [9.17, 15) is 18.8 Å². The largest absolute Gasteiger partial charge is 0.497 e. The van der Waals surface area contributed by atoms with E-state index >= 15 is 0 Å². The molecule has 0 spiro atoms. The second-order valence-electron chi connectivity index (χ2n) is 7.47. The van der Waals surface area contributed by atoms with E-state index in [-0.39, 0.29) is 17.0 Å². The van der Waals surface area contributed by atoms with Gasteiger partial charge in [-0.1, -0.05) is 36.4 Å². The number of ether oxygens (including phenoxy) is 2. The van der Waals surface area contributed by atoms with Gasteiger partial charge < -0.3 is 20.1 Å². The summed E-state index contributed by atoms with van der Waals surface area (Å²) < 4.78 is 24.0. The number of rotatable bonds is 8. The highest BCUT2D eigenvalue weighted by atomic mass is 19.1. The molecule has 0 aliphatic rings. The topological polar surface area (TPSA) is 93.7 Å². The molecule has 0 bridgehead atoms. The number of benzene rings is 3. The van der Waals surface area contributed by atoms with Crippen molar-refractivity contribution in [2.45, 2.75) is 6.04 Å². The van der Waals surface area contributed by atoms with Gasteiger partial charge in [0.15, 0.2) is 5.75 Å². The first-order valence-electron chi connectivity index (χ1n) is 10.4. The highest BCUT2D eigenvalue weighted by Gasteiger charge is 2.25. The Morgan fingerprint density at radius 2 is 1.62 bits per heavy atom. The molecule has 0 radical (unpaired) electrons. The number of amides is 1. The van der Waals surface area contributed by atoms with Crippen LogP contribution in [-0.2, 0) is 0 Å². The standard InChI is InChI=1S/C26H21FN2O5/c1-33-18-12-10-15(11-13-18)21(29-26(32)16-6-5-7-17(27)14-16)19-8-3-4-9-20(19)28-22-23(30)24(31)25(22)34-2/h3-14,21,28H,1-2H3,(H,29,32). The molecular weight excluding hydrogens is 439 g/mol. The van der Waals surface area contributed by atoms with Gasteiger partial charge >= 0.3 is 0 Å². The first-order valence-corrected chi connectivity index (χ1v) is 10.4. The molecule has 8 heteroatoms. The third-order valence-electron chi connectivity index (χ3n) is 5.41. The minimum atomic E-state index is -0.700. The average molecular weight is 460 g/mol. The number of hydrogen-bond donors (Lipinski definition) is 2. The molecule has 0 aliphatic heterocycles. The highest BCUT2D eigenvalue weighted by Crippen LogP contribution is 2.33. The first kappa shape index (κ1) is 22.7. The molecule has 4 rings (SSSR count). The number of halogens is 1. The summed E-state index contributed by atoms with van der Waals surface area (Å²) in [5, 5.41) is 5.91. The summed E-state index contributed by atoms with van der Waals surface area (Å²) >= 11 is 0. The smallest absolute Gasteiger partial charge is 0.272 e. The van der Waals surface area contributed by atoms with Crippen molar-refractivity contribution in [2.24, 2.45) is 0 Å². The average Bonchev–Trinajstić information content (AvgIpc) is 2.87. The lowest BCUT2D eigenvalue weighted by atomic mass is 9.96. The second kappa shape index (κ2) is 9.58. The zero-order valence-electron chi connectivity index (χ0n) is 18.4. The molecule has 0 aliphatic carbocycles. The van der Waals surface area contributed by atoms with Crippen LogP contribution in [-0.4, -0.2) is 20.1 Å². The molecule has 1 amide bonds. The van der Waals surface area contributed by atoms with Gasteiger partial charge in [0.05, 0.1) is 20.3 Å². The van der Waals surface area contributed by atoms with Crippen molar-refractivity contribution < 1.29 is 18.7 Å². The lowest BCUT2D eigenvalue weighted by molar-refractivity contribution is 0.0942. The van der Waals surface area contributed by atoms with Gasteiger partial charge in [0.2, 0.25) is 0 Å². The van der Waals surface area contributed by atoms with Crippen LogP contribution in [0.5, 0.6) is 11.5 Å². The van der Waals surface area contributed by atoms with Crippen molar-refractivity contribution in [1.29, 1.82) is 0 Å². The van der Waals surface area contributed by atoms with E-state index in [2.05, 4.69) is 10.6 Å². The lowest BCUT2D eigenvalue weighted by Gasteiger charge is -2.24. The summed E-state index contributed by atoms with van der Waals surface area (Å²) in [4.78, 5) is 36.9. The van der Waals surface area contributed by atoms with Crippen molar-refractivity contribution in [3.63, 3.8) is 0 Å². The van der Waals surface area contributed by atoms with Crippen LogP contribution in [0.3, 0.4) is 0 Å². The number of methoxy groups -OCH3 is 2. The van der Waals surface area contributed by atoms with Gasteiger partial charge in [-0.25, -0.2) is 4.39 Å². The SMILES string of the molecule is COc1ccc(C(NC(=O)c2cccc(F)c2)c2ccccc2Nc2c(OC)c(=O)c2=O)cc1. The Morgan fingerprint density at radius 1 is 0.882 bits per heavy atom. The van der Waals surface area contributed by atoms with Crippen LogP contribution in [0.2, 0.25) is 0 Å². The van der Waals surface area contributed by atoms with Crippen molar-refractivity contribution in [3.05, 3.63) is 116 Å². The van der Waals surface area contributed by atoms with E-state index in [1.165, 1.54) is 25.3 Å². The summed E-state index contributed by atoms with van der Waals surface area (Å²) in [6.45, 7) is 0. The summed E-state index contributed by atoms with van der Waals surface area (Å²) in [7, 11) is 2.86. The van der Waals surface area contributed by atoms with E-state index in [0.717, 1.165) is 11.6 Å². The number of carbonyl (C=O) groups excluding carboxylic acids is 1. The van der Waals surface area contributed by atoms with Crippen LogP contribution in [0.25, 0.3) is 0 Å². The molecule has 0 heterocycles. The third-order valence-corrected chi connectivity index (χ3v) is 5.41. The summed E-state index contributed by atoms with van der Waals surface area (Å²) in [5.74, 6) is -0.423. The fourth-order valence-corrected chi connectivity index (χ4v) is 3.66. The molecular formula is C26H21FN2O5. The fraction of sp³-hybridized carbons (Fsp3) is 0.115. The molecule has 0 saturated carbocycles. The zero-order chi connectivity index (χ0) is 24.2. The number of carbonyl (C=O) groups is 1. The lowest BCUT2D eigenvalue weighted by Crippen LogP contribution is -2.35. The van der Waals surface area contributed by atoms with Crippen LogP contribution in [0.15, 0.2) is 82.4 Å². The Morgan fingerprint density at radius 3 is 2.29 bits per heavy atom. The summed E-state index contributed by atoms with van der Waals surface area (Å²) in [5.41, 5.74) is 0.653. The van der Waals surface area contributed by atoms with Crippen LogP contribution in [0.1, 0.15) is 27.5 Å². The molecule has 172 valence electrons. The number of anilines is 2. The van der Waals surface area contributed by atoms with Gasteiger partial charge in [-0.2, -0.15) is 0 Å². The minimum absolute atomic E-state index is 0.0462. The van der Waals surface area contributed by atoms with Crippen molar-refractivity contribution >= 4 is 17.3 Å². The summed E-state index contributed by atoms with van der Waals surface area (Å²) in [6, 6.07) is 18.8. The van der Waals surface area contributed by atoms with E-state index < -0.39 is 28.6 Å². The van der Waals surface area contributed by atoms with Crippen molar-refractivity contribution in [2.75, 3.05) is 19.5 Å². The highest BCUT2D eigenvalue weighted by molar-refractivity contribution is 5.94. The Hall–Kier alpha value is -4.46. The predicted octanol–water partition coefficient (Wildman–Crippen LogP) is 3.70. The molecule has 4 aromatic carbocycles. The molecule has 0 aromatic heterocycles. The maximum absolute atomic E-state index is 13.7. The van der Waals surface area contributed by atoms with E-state index in [4.69, 9.17) is 9.47 Å². The zero-order valence-corrected chi connectivity index (χ0v) is 18.4. The van der Waals surface area contributed by atoms with E-state index in [1.807, 2.05) is 0 Å². The quantitative estimate of drug-likeness (QED) is 0.390. The molecule has 0 saturated heterocycles. The summed E-state index contributed by atoms with van der Waals surface area (Å²) in [6.07, 6.45) is 0. The third kappa shape index (κ3) is 4.38. The van der Waals surface area contributed by atoms with Crippen molar-refractivity contribution in [3.8, 4) is 11.5 Å². The van der Waals surface area contributed by atoms with Gasteiger partial charge in [-0.3, -0.25) is 14.4 Å². The van der Waals surface area contributed by atoms with Crippen LogP contribution in [0.4, 0.5) is 15.8 Å². The number of hydrogen-bond acceptors (Lipinski definition) is 6. The second-order valence-corrected chi connectivity index (χ2v) is 7.47. The monoisotopic (exact) mass is 460 g/mol. The maximum Gasteiger partial charge on any atom is 0.272 e. The Balaban J connectivity index is 1.76. The van der Waals surface area contributed by atoms with Gasteiger partial charge in [0, 0.05) is 16.8 Å². The molecule has 4 aromatic rings. The van der Waals surface area contributed by atoms with Gasteiger partial charge in [0.25, 0.3) is 16.8 Å². The molecule has 1 atom stereocenters. The van der Waals surface area contributed by atoms with E-state index in [0.29, 0.717) is 17.0 Å². The molecule has 1 unspecified atom stereocenters. The molecule has 7 nitrogen and oxygen atoms in total. The van der Waals surface area contributed by atoms with Gasteiger partial charge in [-0.15, -0.1) is 0 Å². The Bertz CT molecular complexity index is 1410. The minimum Gasteiger partial charge on any atom is -0.497 e. The Labute approximate surface area is 194 Å². The normalized spacial score (nSPS) is 11.6. The maximum atomic E-state index is 13.7. The van der Waals surface area contributed by atoms with Gasteiger partial charge in [-0.05, 0) is 42.0 Å². The molecule has 2 N–H and O–H groups in total. The van der Waals surface area contributed by atoms with E-state index in [1.54, 1.807) is 55.6 Å². The van der Waals surface area contributed by atoms with Crippen LogP contribution >= 0.6 is 0 Å². The Kier molecular flexibility index (Phi) is 6.40. The predicted molar refractivity (Wildman–Crippen MR) is 126 cm³/mol. The van der Waals surface area contributed by atoms with Gasteiger partial charge in [0.1, 0.15) is 17.3 Å². The first-order chi connectivity index (χ1) is 16.4. The van der Waals surface area contributed by atoms with Crippen LogP contribution in [0, 0.1) is 5.82 Å². The molecule has 0 fully saturated rings. The molecule has 34 heavy (non-hydrogen) atoms. The number of nitrogens with one attached hydrogen (secondary N) is 2. The fourth-order valence-electron chi connectivity index (χ4n) is 3.66. The number of para-hydroxylation sites is 1.